The summed E-state index contributed by atoms with van der Waals surface area (Å²) in [5.41, 5.74) is 3.19. The average molecular weight is 188 g/mol. The summed E-state index contributed by atoms with van der Waals surface area (Å²) < 4.78 is 0. The molecule has 0 aliphatic rings. The molecule has 1 N–H and O–H groups in total. The van der Waals surface area contributed by atoms with Crippen molar-refractivity contribution >= 4 is 11.7 Å². The van der Waals surface area contributed by atoms with Crippen molar-refractivity contribution in [2.24, 2.45) is 0 Å². The highest BCUT2D eigenvalue weighted by Crippen LogP contribution is 2.16. The molecule has 0 aliphatic heterocycles. The van der Waals surface area contributed by atoms with Crippen molar-refractivity contribution < 1.29 is 9.79 Å². The summed E-state index contributed by atoms with van der Waals surface area (Å²) in [7, 11) is 0. The number of allylic oxidation sites excluding steroid dienone is 1. The predicted molar refractivity (Wildman–Crippen MR) is 56.2 cm³/mol. The lowest BCUT2D eigenvalue weighted by Gasteiger charge is -2.03. The van der Waals surface area contributed by atoms with Gasteiger partial charge in [-0.15, -0.1) is 0 Å². The molecule has 2 heteroatoms. The Morgan fingerprint density at radius 1 is 1.57 bits per heavy atom. The fourth-order valence-corrected chi connectivity index (χ4v) is 1.25. The van der Waals surface area contributed by atoms with E-state index >= 15 is 0 Å². The molecule has 0 spiro atoms. The Morgan fingerprint density at radius 2 is 2.29 bits per heavy atom. The Bertz CT molecular complexity index is 389. The van der Waals surface area contributed by atoms with Gasteiger partial charge in [-0.3, -0.25) is 0 Å². The molecule has 0 bridgehead atoms. The summed E-state index contributed by atoms with van der Waals surface area (Å²) in [4.78, 5) is 12.7. The summed E-state index contributed by atoms with van der Waals surface area (Å²) >= 11 is 0. The Labute approximate surface area is 84.0 Å². The van der Waals surface area contributed by atoms with E-state index in [1.165, 1.54) is 0 Å². The summed E-state index contributed by atoms with van der Waals surface area (Å²) in [6.45, 7) is 7.75. The van der Waals surface area contributed by atoms with E-state index in [4.69, 9.17) is 0 Å². The number of carbonyl (C=O) groups excluding carboxylic acids is 1. The summed E-state index contributed by atoms with van der Waals surface area (Å²) in [5, 5.41) is 0. The molecule has 14 heavy (non-hydrogen) atoms. The van der Waals surface area contributed by atoms with E-state index in [9.17, 15) is 4.79 Å². The maximum atomic E-state index is 10.2. The van der Waals surface area contributed by atoms with Crippen LogP contribution >= 0.6 is 0 Å². The predicted octanol–water partition coefficient (Wildman–Crippen LogP) is 1.20. The highest BCUT2D eigenvalue weighted by molar-refractivity contribution is 5.61. The molecule has 0 radical (unpaired) electrons. The van der Waals surface area contributed by atoms with Crippen LogP contribution in [0.5, 0.6) is 0 Å². The number of rotatable bonds is 3. The monoisotopic (exact) mass is 188 g/mol. The van der Waals surface area contributed by atoms with Gasteiger partial charge in [-0.25, -0.2) is 0 Å². The Morgan fingerprint density at radius 3 is 2.86 bits per heavy atom. The zero-order valence-corrected chi connectivity index (χ0v) is 8.50. The van der Waals surface area contributed by atoms with E-state index in [1.807, 2.05) is 38.1 Å². The lowest BCUT2D eigenvalue weighted by Crippen LogP contribution is -2.68. The molecule has 0 aromatic heterocycles. The smallest absolute Gasteiger partial charge is 0.160 e. The Hall–Kier alpha value is -1.66. The molecule has 0 saturated heterocycles. The largest absolute Gasteiger partial charge is 0.422 e. The van der Waals surface area contributed by atoms with E-state index in [2.05, 4.69) is 11.6 Å². The minimum atomic E-state index is -0.00759. The minimum Gasteiger partial charge on any atom is -0.160 e. The van der Waals surface area contributed by atoms with Crippen LogP contribution in [0.15, 0.2) is 30.8 Å². The highest BCUT2D eigenvalue weighted by atomic mass is 16.1. The van der Waals surface area contributed by atoms with Crippen molar-refractivity contribution in [1.29, 1.82) is 0 Å². The molecule has 72 valence electrons. The Kier molecular flexibility index (Phi) is 3.38. The van der Waals surface area contributed by atoms with Gasteiger partial charge in [0.2, 0.25) is 0 Å². The van der Waals surface area contributed by atoms with Crippen molar-refractivity contribution in [2.75, 3.05) is 0 Å². The van der Waals surface area contributed by atoms with Gasteiger partial charge in [-0.05, 0) is 18.6 Å². The molecular formula is C12H14NO+. The van der Waals surface area contributed by atoms with Gasteiger partial charge in [0.25, 0.3) is 0 Å². The molecule has 1 aromatic carbocycles. The van der Waals surface area contributed by atoms with Gasteiger partial charge in [0.15, 0.2) is 6.04 Å². The second kappa shape index (κ2) is 4.54. The van der Waals surface area contributed by atoms with Gasteiger partial charge in [0.1, 0.15) is 0 Å². The Balaban J connectivity index is 3.04. The molecule has 0 heterocycles. The number of hydrogen-bond donors (Lipinski definition) is 1. The number of hydrogen-bond acceptors (Lipinski definition) is 1. The van der Waals surface area contributed by atoms with Gasteiger partial charge in [0, 0.05) is 12.5 Å². The highest BCUT2D eigenvalue weighted by Gasteiger charge is 2.08. The lowest BCUT2D eigenvalue weighted by molar-refractivity contribution is -0.501. The van der Waals surface area contributed by atoms with Gasteiger partial charge < -0.3 is 0 Å². The maximum Gasteiger partial charge on any atom is 0.422 e. The molecule has 0 amide bonds. The second-order valence-electron chi connectivity index (χ2n) is 3.37. The lowest BCUT2D eigenvalue weighted by atomic mass is 10.0. The third kappa shape index (κ3) is 2.41. The quantitative estimate of drug-likeness (QED) is 0.560. The molecule has 1 unspecified atom stereocenters. The van der Waals surface area contributed by atoms with Gasteiger partial charge in [-0.2, -0.15) is 9.79 Å². The summed E-state index contributed by atoms with van der Waals surface area (Å²) in [6.07, 6.45) is 1.69. The van der Waals surface area contributed by atoms with Crippen molar-refractivity contribution in [2.45, 2.75) is 19.9 Å². The standard InChI is InChI=1S/C12H13NO/c1-9(2)11-5-4-6-12(7-11)10(3)13-8-14/h4-7,10H,1H2,2-3H3/p+1. The third-order valence-electron chi connectivity index (χ3n) is 2.15. The molecule has 2 nitrogen and oxygen atoms in total. The van der Waals surface area contributed by atoms with E-state index in [1.54, 1.807) is 6.08 Å². The van der Waals surface area contributed by atoms with Crippen LogP contribution in [0.1, 0.15) is 31.0 Å². The van der Waals surface area contributed by atoms with E-state index < -0.39 is 0 Å². The van der Waals surface area contributed by atoms with Gasteiger partial charge in [-0.1, -0.05) is 30.4 Å². The van der Waals surface area contributed by atoms with Crippen LogP contribution in [0.4, 0.5) is 0 Å². The summed E-state index contributed by atoms with van der Waals surface area (Å²) in [5.74, 6) is 0. The van der Waals surface area contributed by atoms with Crippen molar-refractivity contribution in [3.63, 3.8) is 0 Å². The maximum absolute atomic E-state index is 10.2. The topological polar surface area (TPSA) is 31.0 Å². The first kappa shape index (κ1) is 10.4. The zero-order valence-electron chi connectivity index (χ0n) is 8.50. The van der Waals surface area contributed by atoms with Crippen molar-refractivity contribution in [3.8, 4) is 0 Å². The van der Waals surface area contributed by atoms with Crippen molar-refractivity contribution in [3.05, 3.63) is 42.0 Å². The average Bonchev–Trinajstić information content (AvgIpc) is 2.18. The zero-order chi connectivity index (χ0) is 10.6. The van der Waals surface area contributed by atoms with Crippen LogP contribution in [0, 0.1) is 0 Å². The molecule has 0 aliphatic carbocycles. The molecule has 1 atom stereocenters. The minimum absolute atomic E-state index is 0.00759. The van der Waals surface area contributed by atoms with Crippen LogP contribution in [0.3, 0.4) is 0 Å². The second-order valence-corrected chi connectivity index (χ2v) is 3.37. The normalized spacial score (nSPS) is 11.6. The van der Waals surface area contributed by atoms with Gasteiger partial charge in [0.05, 0.1) is 0 Å². The number of nitrogens with one attached hydrogen (secondary N) is 1. The number of isocyanates is 1. The first-order chi connectivity index (χ1) is 6.65. The van der Waals surface area contributed by atoms with Crippen LogP contribution in [-0.2, 0) is 4.79 Å². The van der Waals surface area contributed by atoms with Crippen LogP contribution in [0.2, 0.25) is 0 Å². The van der Waals surface area contributed by atoms with Crippen molar-refractivity contribution in [1.82, 2.24) is 0 Å². The van der Waals surface area contributed by atoms with E-state index in [0.717, 1.165) is 16.7 Å². The van der Waals surface area contributed by atoms with Gasteiger partial charge >= 0.3 is 6.08 Å². The fourth-order valence-electron chi connectivity index (χ4n) is 1.25. The van der Waals surface area contributed by atoms with E-state index in [-0.39, 0.29) is 6.04 Å². The summed E-state index contributed by atoms with van der Waals surface area (Å²) in [6, 6.07) is 7.96. The van der Waals surface area contributed by atoms with Crippen LogP contribution in [0.25, 0.3) is 5.57 Å². The SMILES string of the molecule is C=C(C)c1cccc(C(C)[NH+]=C=O)c1. The van der Waals surface area contributed by atoms with Crippen LogP contribution < -0.4 is 4.99 Å². The van der Waals surface area contributed by atoms with Crippen LogP contribution in [-0.4, -0.2) is 6.08 Å². The molecule has 0 fully saturated rings. The van der Waals surface area contributed by atoms with E-state index in [0.29, 0.717) is 0 Å². The third-order valence-corrected chi connectivity index (χ3v) is 2.15. The molecule has 1 aromatic rings. The molecule has 1 rings (SSSR count). The first-order valence-corrected chi connectivity index (χ1v) is 4.53. The first-order valence-electron chi connectivity index (χ1n) is 4.53. The molecular weight excluding hydrogens is 174 g/mol. The number of benzene rings is 1. The molecule has 0 saturated carbocycles. The fraction of sp³-hybridized carbons (Fsp3) is 0.250.